The van der Waals surface area contributed by atoms with E-state index in [9.17, 15) is 9.46 Å². The molecule has 1 rings (SSSR count). The van der Waals surface area contributed by atoms with Crippen molar-refractivity contribution >= 4 is 60.6 Å². The van der Waals surface area contributed by atoms with Gasteiger partial charge >= 0.3 is 0 Å². The fourth-order valence-corrected chi connectivity index (χ4v) is 4.51. The van der Waals surface area contributed by atoms with Gasteiger partial charge in [-0.1, -0.05) is 0 Å². The number of rotatable bonds is 10. The molecule has 0 N–H and O–H groups in total. The van der Waals surface area contributed by atoms with Gasteiger partial charge in [0.25, 0.3) is 0 Å². The van der Waals surface area contributed by atoms with Gasteiger partial charge in [0.2, 0.25) is 0 Å². The molecule has 13 heteroatoms. The summed E-state index contributed by atoms with van der Waals surface area (Å²) in [7, 11) is 2.68. The molecular formula is C9H17O7P2S4-3. The van der Waals surface area contributed by atoms with Gasteiger partial charge < -0.3 is 52.4 Å². The predicted octanol–water partition coefficient (Wildman–Crippen LogP) is 0.968. The Kier molecular flexibility index (Phi) is 9.08. The molecule has 132 valence electrons. The summed E-state index contributed by atoms with van der Waals surface area (Å²) in [6.45, 7) is -3.31. The molecule has 1 aliphatic heterocycles. The Hall–Kier alpha value is 1.69. The molecule has 1 fully saturated rings. The summed E-state index contributed by atoms with van der Waals surface area (Å²) in [6, 6.07) is 0. The highest BCUT2D eigenvalue weighted by Gasteiger charge is 2.40. The molecule has 0 radical (unpaired) electrons. The van der Waals surface area contributed by atoms with Gasteiger partial charge in [0.1, 0.15) is 6.10 Å². The topological polar surface area (TPSA) is 86.3 Å². The zero-order chi connectivity index (χ0) is 17.7. The van der Waals surface area contributed by atoms with Crippen LogP contribution in [0.1, 0.15) is 1.37 Å². The molecule has 22 heavy (non-hydrogen) atoms. The van der Waals surface area contributed by atoms with E-state index in [2.05, 4.69) is 28.6 Å². The van der Waals surface area contributed by atoms with Gasteiger partial charge in [-0.15, -0.1) is 17.5 Å². The van der Waals surface area contributed by atoms with E-state index in [1.54, 1.807) is 0 Å². The zero-order valence-electron chi connectivity index (χ0n) is 12.8. The molecule has 1 saturated heterocycles. The SMILES string of the molecule is [3H][C@@H]1S[C@H](COP([O-])(=S)[S-])[C@@H](OP(=O)([S-])OC)[C@H]1OCCOC. The molecule has 1 aliphatic rings. The van der Waals surface area contributed by atoms with Crippen LogP contribution in [0.25, 0.3) is 0 Å². The van der Waals surface area contributed by atoms with Crippen molar-refractivity contribution in [2.75, 3.05) is 39.8 Å². The third-order valence-electron chi connectivity index (χ3n) is 2.55. The summed E-state index contributed by atoms with van der Waals surface area (Å²) in [5, 5.41) is -0.518. The number of hydrogen-bond donors (Lipinski definition) is 0. The zero-order valence-corrected chi connectivity index (χ0v) is 16.9. The molecule has 1 heterocycles. The van der Waals surface area contributed by atoms with E-state index < -0.39 is 35.7 Å². The molecule has 0 aromatic heterocycles. The van der Waals surface area contributed by atoms with E-state index >= 15 is 0 Å². The van der Waals surface area contributed by atoms with Crippen LogP contribution >= 0.6 is 24.3 Å². The second-order valence-corrected chi connectivity index (χ2v) is 12.8. The molecule has 0 aromatic rings. The van der Waals surface area contributed by atoms with Crippen LogP contribution in [0.2, 0.25) is 0 Å². The maximum atomic E-state index is 12.0. The molecular weight excluding hydrogens is 410 g/mol. The Labute approximate surface area is 151 Å². The van der Waals surface area contributed by atoms with Crippen LogP contribution in [-0.4, -0.2) is 57.2 Å². The Morgan fingerprint density at radius 3 is 2.68 bits per heavy atom. The number of hydrogen-bond acceptors (Lipinski definition) is 11. The summed E-state index contributed by atoms with van der Waals surface area (Å²) < 4.78 is 45.4. The normalized spacial score (nSPS) is 34.9. The van der Waals surface area contributed by atoms with Gasteiger partial charge in [-0.2, -0.15) is 11.8 Å². The quantitative estimate of drug-likeness (QED) is 0.283. The minimum atomic E-state index is -3.73. The Morgan fingerprint density at radius 1 is 1.45 bits per heavy atom. The molecule has 0 aliphatic carbocycles. The van der Waals surface area contributed by atoms with Crippen molar-refractivity contribution in [3.63, 3.8) is 0 Å². The van der Waals surface area contributed by atoms with Crippen LogP contribution in [0.4, 0.5) is 0 Å². The monoisotopic (exact) mass is 429 g/mol. The molecule has 7 nitrogen and oxygen atoms in total. The maximum Gasteiger partial charge on any atom is 0.200 e. The summed E-state index contributed by atoms with van der Waals surface area (Å²) >= 11 is 15.0. The van der Waals surface area contributed by atoms with Crippen molar-refractivity contribution in [1.82, 2.24) is 0 Å². The number of ether oxygens (including phenoxy) is 2. The maximum absolute atomic E-state index is 12.0. The average Bonchev–Trinajstić information content (AvgIpc) is 2.72. The van der Waals surface area contributed by atoms with Crippen LogP contribution in [-0.2, 0) is 63.9 Å². The lowest BCUT2D eigenvalue weighted by molar-refractivity contribution is -0.174. The van der Waals surface area contributed by atoms with E-state index in [0.29, 0.717) is 6.61 Å². The predicted molar refractivity (Wildman–Crippen MR) is 92.3 cm³/mol. The first-order valence-corrected chi connectivity index (χ1v) is 13.1. The number of thioether (sulfide) groups is 1. The molecule has 6 atom stereocenters. The van der Waals surface area contributed by atoms with Gasteiger partial charge in [-0.3, -0.25) is 4.57 Å². The van der Waals surface area contributed by atoms with Crippen molar-refractivity contribution in [2.24, 2.45) is 0 Å². The van der Waals surface area contributed by atoms with Crippen molar-refractivity contribution in [2.45, 2.75) is 17.5 Å². The van der Waals surface area contributed by atoms with Crippen molar-refractivity contribution in [3.05, 3.63) is 0 Å². The Bertz CT molecular complexity index is 467. The van der Waals surface area contributed by atoms with E-state index in [1.807, 2.05) is 0 Å². The van der Waals surface area contributed by atoms with Crippen LogP contribution < -0.4 is 4.89 Å². The molecule has 0 spiro atoms. The summed E-state index contributed by atoms with van der Waals surface area (Å²) in [4.78, 5) is 11.4. The molecule has 0 bridgehead atoms. The molecule has 0 aromatic carbocycles. The van der Waals surface area contributed by atoms with Gasteiger partial charge in [0.15, 0.2) is 6.80 Å². The highest BCUT2D eigenvalue weighted by molar-refractivity contribution is 8.50. The van der Waals surface area contributed by atoms with Crippen molar-refractivity contribution < 1.29 is 33.9 Å². The summed E-state index contributed by atoms with van der Waals surface area (Å²) in [6.07, 6.45) is -1.58. The van der Waals surface area contributed by atoms with Crippen LogP contribution in [0.3, 0.4) is 0 Å². The standard InChI is InChI=1S/C9H20O7P2S4/c1-12-3-4-14-7-6-22-8(5-15-18(11,20)21)9(7)16-17(10,19)13-2/h7-9H,3-6H2,1-2H3,(H,10,19)(H2,11,20,21)/p-3/t7-,8+,9-,17?/m0/s1/i6T/t6-,7-,8+,9-,17?. The second kappa shape index (κ2) is 9.99. The summed E-state index contributed by atoms with van der Waals surface area (Å²) in [5.74, 6) is 0. The second-order valence-electron chi connectivity index (χ2n) is 4.08. The van der Waals surface area contributed by atoms with Crippen LogP contribution in [0.5, 0.6) is 0 Å². The first kappa shape index (κ1) is 20.0. The van der Waals surface area contributed by atoms with E-state index in [1.165, 1.54) is 14.2 Å². The third-order valence-corrected chi connectivity index (χ3v) is 6.48. The first-order valence-electron chi connectivity index (χ1n) is 6.57. The van der Waals surface area contributed by atoms with E-state index in [4.69, 9.17) is 32.1 Å². The van der Waals surface area contributed by atoms with Crippen molar-refractivity contribution in [1.29, 1.82) is 0 Å². The Balaban J connectivity index is 2.82. The molecule has 2 unspecified atom stereocenters. The van der Waals surface area contributed by atoms with E-state index in [-0.39, 0.29) is 13.2 Å². The fraction of sp³-hybridized carbons (Fsp3) is 1.00. The lowest BCUT2D eigenvalue weighted by Crippen LogP contribution is -2.36. The average molecular weight is 429 g/mol. The van der Waals surface area contributed by atoms with Gasteiger partial charge in [-0.25, -0.2) is 0 Å². The minimum absolute atomic E-state index is 0.127. The van der Waals surface area contributed by atoms with Gasteiger partial charge in [0, 0.05) is 21.3 Å². The lowest BCUT2D eigenvalue weighted by atomic mass is 10.2. The van der Waals surface area contributed by atoms with Crippen molar-refractivity contribution in [3.8, 4) is 0 Å². The largest absolute Gasteiger partial charge is 0.819 e. The molecule has 0 amide bonds. The van der Waals surface area contributed by atoms with E-state index in [0.717, 1.165) is 11.8 Å². The van der Waals surface area contributed by atoms with Crippen LogP contribution in [0, 0.1) is 0 Å². The summed E-state index contributed by atoms with van der Waals surface area (Å²) in [5.41, 5.74) is -4.26. The fourth-order valence-electron chi connectivity index (χ4n) is 1.57. The highest BCUT2D eigenvalue weighted by atomic mass is 32.9. The van der Waals surface area contributed by atoms with Gasteiger partial charge in [0.05, 0.1) is 31.2 Å². The van der Waals surface area contributed by atoms with Crippen LogP contribution in [0.15, 0.2) is 0 Å². The minimum Gasteiger partial charge on any atom is -0.819 e. The van der Waals surface area contributed by atoms with Gasteiger partial charge in [-0.05, 0) is 0 Å². The number of methoxy groups -OCH3 is 1. The lowest BCUT2D eigenvalue weighted by Gasteiger charge is -2.37. The molecule has 0 saturated carbocycles. The smallest absolute Gasteiger partial charge is 0.200 e. The highest BCUT2D eigenvalue weighted by Crippen LogP contribution is 2.50. The first-order chi connectivity index (χ1) is 10.6. The third kappa shape index (κ3) is 8.18. The Morgan fingerprint density at radius 2 is 2.14 bits per heavy atom.